The number of H-pyrrole nitrogens is 1. The number of nitrogens with zero attached hydrogens (tertiary/aromatic N) is 1. The van der Waals surface area contributed by atoms with Gasteiger partial charge in [0, 0.05) is 5.56 Å². The van der Waals surface area contributed by atoms with Gasteiger partial charge in [0.2, 0.25) is 0 Å². The first-order chi connectivity index (χ1) is 11.1. The average molecular weight is 347 g/mol. The molecular weight excluding hydrogens is 335 g/mol. The van der Waals surface area contributed by atoms with Crippen LogP contribution in [0.1, 0.15) is 10.4 Å². The van der Waals surface area contributed by atoms with Crippen LogP contribution in [0.15, 0.2) is 49.1 Å². The number of fused-ring (bicyclic) bond motifs is 1. The van der Waals surface area contributed by atoms with Crippen LogP contribution in [0.3, 0.4) is 0 Å². The summed E-state index contributed by atoms with van der Waals surface area (Å²) < 4.78 is 5.02. The number of hydrogen-bond donors (Lipinski definition) is 1. The van der Waals surface area contributed by atoms with Gasteiger partial charge in [-0.3, -0.25) is 0 Å². The fraction of sp³-hybridized carbons (Fsp3) is 0.0588. The first-order valence-electron chi connectivity index (χ1n) is 6.82. The summed E-state index contributed by atoms with van der Waals surface area (Å²) in [6.07, 6.45) is 1.52. The summed E-state index contributed by atoms with van der Waals surface area (Å²) >= 11 is 12.3. The molecule has 0 atom stereocenters. The molecule has 1 N–H and O–H groups in total. The van der Waals surface area contributed by atoms with Gasteiger partial charge in [0.15, 0.2) is 0 Å². The Labute approximate surface area is 142 Å². The maximum absolute atomic E-state index is 11.9. The zero-order valence-corrected chi connectivity index (χ0v) is 13.5. The number of halogens is 2. The molecule has 1 heterocycles. The number of aromatic amines is 1. The monoisotopic (exact) mass is 346 g/mol. The molecule has 116 valence electrons. The highest BCUT2D eigenvalue weighted by Gasteiger charge is 2.13. The maximum atomic E-state index is 11.9. The Bertz CT molecular complexity index is 903. The molecule has 0 radical (unpaired) electrons. The number of ether oxygens (including phenoxy) is 1. The molecule has 0 bridgehead atoms. The lowest BCUT2D eigenvalue weighted by atomic mass is 10.2. The molecule has 0 saturated heterocycles. The molecule has 1 aromatic heterocycles. The fourth-order valence-corrected chi connectivity index (χ4v) is 2.56. The third-order valence-electron chi connectivity index (χ3n) is 3.26. The van der Waals surface area contributed by atoms with Crippen LogP contribution in [-0.4, -0.2) is 22.5 Å². The SMILES string of the molecule is C=CCOC(=O)c1ccc2nc(-c3cccc(Cl)c3Cl)[nH]c2c1. The van der Waals surface area contributed by atoms with Crippen LogP contribution >= 0.6 is 23.2 Å². The lowest BCUT2D eigenvalue weighted by Gasteiger charge is -2.01. The van der Waals surface area contributed by atoms with Crippen LogP contribution in [-0.2, 0) is 4.74 Å². The predicted molar refractivity (Wildman–Crippen MR) is 92.0 cm³/mol. The van der Waals surface area contributed by atoms with Crippen molar-refractivity contribution in [1.82, 2.24) is 9.97 Å². The zero-order valence-electron chi connectivity index (χ0n) is 12.0. The Hall–Kier alpha value is -2.30. The summed E-state index contributed by atoms with van der Waals surface area (Å²) in [4.78, 5) is 19.5. The summed E-state index contributed by atoms with van der Waals surface area (Å²) in [7, 11) is 0. The second kappa shape index (κ2) is 6.44. The lowest BCUT2D eigenvalue weighted by Crippen LogP contribution is -2.04. The van der Waals surface area contributed by atoms with E-state index in [2.05, 4.69) is 16.5 Å². The predicted octanol–water partition coefficient (Wildman–Crippen LogP) is 4.88. The van der Waals surface area contributed by atoms with E-state index in [1.807, 2.05) is 6.07 Å². The Morgan fingerprint density at radius 3 is 2.91 bits per heavy atom. The van der Waals surface area contributed by atoms with E-state index in [1.54, 1.807) is 30.3 Å². The van der Waals surface area contributed by atoms with Crippen LogP contribution < -0.4 is 0 Å². The summed E-state index contributed by atoms with van der Waals surface area (Å²) in [6, 6.07) is 10.4. The van der Waals surface area contributed by atoms with Crippen molar-refractivity contribution in [2.45, 2.75) is 0 Å². The van der Waals surface area contributed by atoms with Crippen LogP contribution in [0.25, 0.3) is 22.4 Å². The minimum absolute atomic E-state index is 0.170. The largest absolute Gasteiger partial charge is 0.458 e. The van der Waals surface area contributed by atoms with Crippen molar-refractivity contribution in [3.63, 3.8) is 0 Å². The molecule has 6 heteroatoms. The lowest BCUT2D eigenvalue weighted by molar-refractivity contribution is 0.0550. The number of carbonyl (C=O) groups excluding carboxylic acids is 1. The van der Waals surface area contributed by atoms with Gasteiger partial charge < -0.3 is 9.72 Å². The van der Waals surface area contributed by atoms with Gasteiger partial charge in [0.25, 0.3) is 0 Å². The molecule has 0 saturated carbocycles. The zero-order chi connectivity index (χ0) is 16.4. The van der Waals surface area contributed by atoms with Gasteiger partial charge in [-0.1, -0.05) is 41.9 Å². The highest BCUT2D eigenvalue weighted by Crippen LogP contribution is 2.32. The molecule has 0 aliphatic rings. The van der Waals surface area contributed by atoms with Crippen molar-refractivity contribution < 1.29 is 9.53 Å². The van der Waals surface area contributed by atoms with Crippen LogP contribution in [0, 0.1) is 0 Å². The standard InChI is InChI=1S/C17H12Cl2N2O2/c1-2-8-23-17(22)10-6-7-13-14(9-10)21-16(20-13)11-4-3-5-12(18)15(11)19/h2-7,9H,1,8H2,(H,20,21). The molecule has 0 spiro atoms. The number of esters is 1. The topological polar surface area (TPSA) is 55.0 Å². The highest BCUT2D eigenvalue weighted by atomic mass is 35.5. The summed E-state index contributed by atoms with van der Waals surface area (Å²) in [6.45, 7) is 3.68. The molecule has 3 aromatic rings. The van der Waals surface area contributed by atoms with Crippen molar-refractivity contribution in [3.8, 4) is 11.4 Å². The third-order valence-corrected chi connectivity index (χ3v) is 4.08. The summed E-state index contributed by atoms with van der Waals surface area (Å²) in [5.41, 5.74) is 2.57. The average Bonchev–Trinajstić information content (AvgIpc) is 2.97. The molecular formula is C17H12Cl2N2O2. The third kappa shape index (κ3) is 3.09. The summed E-state index contributed by atoms with van der Waals surface area (Å²) in [5, 5.41) is 0.886. The minimum atomic E-state index is -0.413. The van der Waals surface area contributed by atoms with E-state index in [4.69, 9.17) is 27.9 Å². The normalized spacial score (nSPS) is 10.7. The van der Waals surface area contributed by atoms with Crippen molar-refractivity contribution in [2.75, 3.05) is 6.61 Å². The molecule has 0 aliphatic carbocycles. The Morgan fingerprint density at radius 1 is 1.30 bits per heavy atom. The Morgan fingerprint density at radius 2 is 2.13 bits per heavy atom. The van der Waals surface area contributed by atoms with E-state index in [0.29, 0.717) is 32.5 Å². The Kier molecular flexibility index (Phi) is 4.37. The van der Waals surface area contributed by atoms with Gasteiger partial charge in [-0.15, -0.1) is 0 Å². The fourth-order valence-electron chi connectivity index (χ4n) is 2.17. The molecule has 0 fully saturated rings. The van der Waals surface area contributed by atoms with Gasteiger partial charge >= 0.3 is 5.97 Å². The van der Waals surface area contributed by atoms with E-state index in [1.165, 1.54) is 6.08 Å². The number of aromatic nitrogens is 2. The van der Waals surface area contributed by atoms with E-state index in [9.17, 15) is 4.79 Å². The van der Waals surface area contributed by atoms with Crippen molar-refractivity contribution in [1.29, 1.82) is 0 Å². The van der Waals surface area contributed by atoms with Gasteiger partial charge in [0.1, 0.15) is 12.4 Å². The number of nitrogens with one attached hydrogen (secondary N) is 1. The van der Waals surface area contributed by atoms with Crippen molar-refractivity contribution in [3.05, 3.63) is 64.7 Å². The van der Waals surface area contributed by atoms with Crippen LogP contribution in [0.5, 0.6) is 0 Å². The number of benzene rings is 2. The minimum Gasteiger partial charge on any atom is -0.458 e. The van der Waals surface area contributed by atoms with Gasteiger partial charge in [-0.2, -0.15) is 0 Å². The first-order valence-corrected chi connectivity index (χ1v) is 7.58. The molecule has 3 rings (SSSR count). The number of rotatable bonds is 4. The molecule has 4 nitrogen and oxygen atoms in total. The van der Waals surface area contributed by atoms with Gasteiger partial charge in [0.05, 0.1) is 26.6 Å². The van der Waals surface area contributed by atoms with Crippen molar-refractivity contribution >= 4 is 40.2 Å². The van der Waals surface area contributed by atoms with E-state index in [0.717, 1.165) is 5.52 Å². The van der Waals surface area contributed by atoms with Gasteiger partial charge in [-0.05, 0) is 30.3 Å². The first kappa shape index (κ1) is 15.6. The molecule has 0 unspecified atom stereocenters. The summed E-state index contributed by atoms with van der Waals surface area (Å²) in [5.74, 6) is 0.174. The van der Waals surface area contributed by atoms with Crippen LogP contribution in [0.2, 0.25) is 10.0 Å². The highest BCUT2D eigenvalue weighted by molar-refractivity contribution is 6.43. The second-order valence-electron chi connectivity index (χ2n) is 4.81. The van der Waals surface area contributed by atoms with Crippen LogP contribution in [0.4, 0.5) is 0 Å². The molecule has 0 amide bonds. The number of imidazole rings is 1. The molecule has 0 aliphatic heterocycles. The maximum Gasteiger partial charge on any atom is 0.338 e. The molecule has 2 aromatic carbocycles. The number of hydrogen-bond acceptors (Lipinski definition) is 3. The second-order valence-corrected chi connectivity index (χ2v) is 5.59. The number of carbonyl (C=O) groups is 1. The van der Waals surface area contributed by atoms with Gasteiger partial charge in [-0.25, -0.2) is 9.78 Å². The van der Waals surface area contributed by atoms with Crippen molar-refractivity contribution in [2.24, 2.45) is 0 Å². The smallest absolute Gasteiger partial charge is 0.338 e. The van der Waals surface area contributed by atoms with E-state index >= 15 is 0 Å². The molecule has 23 heavy (non-hydrogen) atoms. The Balaban J connectivity index is 2.01. The van der Waals surface area contributed by atoms with E-state index in [-0.39, 0.29) is 6.61 Å². The van der Waals surface area contributed by atoms with E-state index < -0.39 is 5.97 Å². The quantitative estimate of drug-likeness (QED) is 0.541.